The lowest BCUT2D eigenvalue weighted by Gasteiger charge is -2.04. The third kappa shape index (κ3) is 3.60. The van der Waals surface area contributed by atoms with Crippen LogP contribution < -0.4 is 5.32 Å². The fraction of sp³-hybridized carbons (Fsp3) is 0.0556. The third-order valence-corrected chi connectivity index (χ3v) is 4.34. The zero-order valence-corrected chi connectivity index (χ0v) is 15.4. The Kier molecular flexibility index (Phi) is 4.81. The minimum absolute atomic E-state index is 0.232. The van der Waals surface area contributed by atoms with Crippen LogP contribution >= 0.6 is 11.3 Å². The normalized spacial score (nSPS) is 10.2. The summed E-state index contributed by atoms with van der Waals surface area (Å²) in [5.74, 6) is 5.81. The highest BCUT2D eigenvalue weighted by Crippen LogP contribution is 2.24. The molecule has 0 spiro atoms. The van der Waals surface area contributed by atoms with E-state index in [1.54, 1.807) is 25.4 Å². The molecular formula is C18H12N8OS. The van der Waals surface area contributed by atoms with E-state index in [0.717, 1.165) is 5.56 Å². The smallest absolute Gasteiger partial charge is 0.277 e. The second kappa shape index (κ2) is 7.73. The number of amides is 1. The van der Waals surface area contributed by atoms with E-state index in [2.05, 4.69) is 47.4 Å². The molecule has 0 saturated carbocycles. The van der Waals surface area contributed by atoms with Gasteiger partial charge in [0.2, 0.25) is 0 Å². The monoisotopic (exact) mass is 388 g/mol. The van der Waals surface area contributed by atoms with Crippen molar-refractivity contribution in [2.45, 2.75) is 6.92 Å². The number of nitrogens with zero attached hydrogens (tertiary/aromatic N) is 7. The molecule has 0 bridgehead atoms. The fourth-order valence-electron chi connectivity index (χ4n) is 2.34. The Bertz CT molecular complexity index is 1170. The fourth-order valence-corrected chi connectivity index (χ4v) is 3.04. The summed E-state index contributed by atoms with van der Waals surface area (Å²) < 4.78 is 1.33. The van der Waals surface area contributed by atoms with Gasteiger partial charge in [-0.25, -0.2) is 15.0 Å². The van der Waals surface area contributed by atoms with Crippen molar-refractivity contribution < 1.29 is 4.79 Å². The number of hydrogen-bond donors (Lipinski definition) is 1. The SMILES string of the molecule is CC#Cc1ccc(-c2csc(NC(=O)c3cnnn3-c3ccncn3)n2)nc1. The third-order valence-electron chi connectivity index (χ3n) is 3.59. The van der Waals surface area contributed by atoms with Crippen LogP contribution in [-0.4, -0.2) is 40.8 Å². The van der Waals surface area contributed by atoms with Crippen molar-refractivity contribution in [1.82, 2.24) is 34.9 Å². The van der Waals surface area contributed by atoms with E-state index in [1.807, 2.05) is 17.5 Å². The Hall–Kier alpha value is -3.97. The van der Waals surface area contributed by atoms with Gasteiger partial charge in [-0.2, -0.15) is 4.68 Å². The molecule has 28 heavy (non-hydrogen) atoms. The zero-order valence-electron chi connectivity index (χ0n) is 14.6. The number of aromatic nitrogens is 7. The Morgan fingerprint density at radius 1 is 1.18 bits per heavy atom. The summed E-state index contributed by atoms with van der Waals surface area (Å²) in [5, 5.41) is 12.7. The molecule has 4 heterocycles. The average molecular weight is 388 g/mol. The van der Waals surface area contributed by atoms with E-state index in [4.69, 9.17) is 0 Å². The van der Waals surface area contributed by atoms with Gasteiger partial charge in [-0.05, 0) is 19.1 Å². The first kappa shape index (κ1) is 17.4. The first-order valence-electron chi connectivity index (χ1n) is 8.08. The number of hydrogen-bond acceptors (Lipinski definition) is 8. The molecule has 0 atom stereocenters. The molecule has 10 heteroatoms. The predicted octanol–water partition coefficient (Wildman–Crippen LogP) is 2.20. The molecule has 4 aromatic heterocycles. The first-order valence-corrected chi connectivity index (χ1v) is 8.95. The molecule has 0 radical (unpaired) electrons. The lowest BCUT2D eigenvalue weighted by atomic mass is 10.2. The van der Waals surface area contributed by atoms with E-state index in [1.165, 1.54) is 28.5 Å². The van der Waals surface area contributed by atoms with Crippen LogP contribution in [0.25, 0.3) is 17.2 Å². The molecule has 0 fully saturated rings. The molecule has 0 aliphatic rings. The zero-order chi connectivity index (χ0) is 19.3. The van der Waals surface area contributed by atoms with E-state index in [0.29, 0.717) is 22.3 Å². The summed E-state index contributed by atoms with van der Waals surface area (Å²) in [5.41, 5.74) is 2.43. The van der Waals surface area contributed by atoms with Crippen LogP contribution in [0.5, 0.6) is 0 Å². The number of nitrogens with one attached hydrogen (secondary N) is 1. The number of thiazole rings is 1. The van der Waals surface area contributed by atoms with Crippen molar-refractivity contribution >= 4 is 22.4 Å². The molecule has 0 aliphatic heterocycles. The lowest BCUT2D eigenvalue weighted by Crippen LogP contribution is -2.17. The van der Waals surface area contributed by atoms with Gasteiger partial charge >= 0.3 is 0 Å². The first-order chi connectivity index (χ1) is 13.7. The van der Waals surface area contributed by atoms with E-state index < -0.39 is 5.91 Å². The largest absolute Gasteiger partial charge is 0.296 e. The highest BCUT2D eigenvalue weighted by Gasteiger charge is 2.17. The molecule has 0 unspecified atom stereocenters. The lowest BCUT2D eigenvalue weighted by molar-refractivity contribution is 0.101. The summed E-state index contributed by atoms with van der Waals surface area (Å²) in [6.45, 7) is 1.77. The summed E-state index contributed by atoms with van der Waals surface area (Å²) in [6.07, 6.45) is 5.98. The van der Waals surface area contributed by atoms with E-state index in [-0.39, 0.29) is 5.69 Å². The van der Waals surface area contributed by atoms with E-state index >= 15 is 0 Å². The molecule has 136 valence electrons. The second-order valence-corrected chi connectivity index (χ2v) is 6.26. The maximum atomic E-state index is 12.6. The predicted molar refractivity (Wildman–Crippen MR) is 103 cm³/mol. The molecule has 1 N–H and O–H groups in total. The minimum Gasteiger partial charge on any atom is -0.296 e. The highest BCUT2D eigenvalue weighted by atomic mass is 32.1. The second-order valence-electron chi connectivity index (χ2n) is 5.40. The van der Waals surface area contributed by atoms with Gasteiger partial charge in [-0.15, -0.1) is 22.4 Å². The minimum atomic E-state index is -0.397. The van der Waals surface area contributed by atoms with Crippen molar-refractivity contribution in [3.8, 4) is 29.0 Å². The van der Waals surface area contributed by atoms with Crippen molar-refractivity contribution in [2.75, 3.05) is 5.32 Å². The van der Waals surface area contributed by atoms with Crippen molar-refractivity contribution in [1.29, 1.82) is 0 Å². The molecule has 9 nitrogen and oxygen atoms in total. The molecule has 0 saturated heterocycles. The summed E-state index contributed by atoms with van der Waals surface area (Å²) >= 11 is 1.30. The van der Waals surface area contributed by atoms with Gasteiger partial charge in [0.1, 0.15) is 12.0 Å². The van der Waals surface area contributed by atoms with Gasteiger partial charge in [-0.1, -0.05) is 11.1 Å². The molecule has 4 aromatic rings. The van der Waals surface area contributed by atoms with Crippen LogP contribution in [-0.2, 0) is 0 Å². The Labute approximate surface area is 163 Å². The molecule has 0 aliphatic carbocycles. The number of anilines is 1. The van der Waals surface area contributed by atoms with Crippen molar-refractivity contribution in [3.63, 3.8) is 0 Å². The standard InChI is InChI=1S/C18H12N8OS/c1-2-3-12-4-5-13(20-8-12)14-10-28-18(23-14)24-17(27)15-9-22-25-26(15)16-6-7-19-11-21-16/h4-11H,1H3,(H,23,24,27). The average Bonchev–Trinajstić information content (AvgIpc) is 3.39. The van der Waals surface area contributed by atoms with Gasteiger partial charge in [0.05, 0.1) is 11.9 Å². The van der Waals surface area contributed by atoms with Crippen LogP contribution in [0.4, 0.5) is 5.13 Å². The van der Waals surface area contributed by atoms with Crippen LogP contribution in [0.1, 0.15) is 23.0 Å². The van der Waals surface area contributed by atoms with Crippen LogP contribution in [0.15, 0.2) is 48.5 Å². The Morgan fingerprint density at radius 3 is 2.86 bits per heavy atom. The van der Waals surface area contributed by atoms with Crippen molar-refractivity contribution in [3.05, 3.63) is 59.8 Å². The van der Waals surface area contributed by atoms with Gasteiger partial charge in [0.15, 0.2) is 16.6 Å². The summed E-state index contributed by atoms with van der Waals surface area (Å²) in [7, 11) is 0. The van der Waals surface area contributed by atoms with Gasteiger partial charge < -0.3 is 0 Å². The number of rotatable bonds is 4. The van der Waals surface area contributed by atoms with Crippen LogP contribution in [0, 0.1) is 11.8 Å². The van der Waals surface area contributed by atoms with Gasteiger partial charge in [-0.3, -0.25) is 15.1 Å². The molecule has 1 amide bonds. The molecule has 0 aromatic carbocycles. The van der Waals surface area contributed by atoms with Crippen molar-refractivity contribution in [2.24, 2.45) is 0 Å². The van der Waals surface area contributed by atoms with Crippen LogP contribution in [0.2, 0.25) is 0 Å². The maximum absolute atomic E-state index is 12.6. The number of carbonyl (C=O) groups excluding carboxylic acids is 1. The highest BCUT2D eigenvalue weighted by molar-refractivity contribution is 7.14. The Morgan fingerprint density at radius 2 is 2.11 bits per heavy atom. The number of carbonyl (C=O) groups is 1. The van der Waals surface area contributed by atoms with Gasteiger partial charge in [0, 0.05) is 29.4 Å². The molecule has 4 rings (SSSR count). The quantitative estimate of drug-likeness (QED) is 0.533. The van der Waals surface area contributed by atoms with Crippen LogP contribution in [0.3, 0.4) is 0 Å². The van der Waals surface area contributed by atoms with Gasteiger partial charge in [0.25, 0.3) is 5.91 Å². The van der Waals surface area contributed by atoms with E-state index in [9.17, 15) is 4.79 Å². The summed E-state index contributed by atoms with van der Waals surface area (Å²) in [6, 6.07) is 5.35. The summed E-state index contributed by atoms with van der Waals surface area (Å²) in [4.78, 5) is 29.3. The Balaban J connectivity index is 1.52. The maximum Gasteiger partial charge on any atom is 0.277 e. The molecular weight excluding hydrogens is 376 g/mol. The number of pyridine rings is 1. The topological polar surface area (TPSA) is 111 Å².